The van der Waals surface area contributed by atoms with Crippen LogP contribution in [-0.2, 0) is 41.1 Å². The van der Waals surface area contributed by atoms with Gasteiger partial charge in [0.15, 0.2) is 0 Å². The van der Waals surface area contributed by atoms with E-state index < -0.39 is 0 Å². The molecule has 55 heavy (non-hydrogen) atoms. The molecule has 7 heteroatoms. The maximum Gasteiger partial charge on any atom is 2.00 e. The average Bonchev–Trinajstić information content (AvgIpc) is 3.91. The van der Waals surface area contributed by atoms with E-state index in [1.165, 1.54) is 22.3 Å². The van der Waals surface area contributed by atoms with Gasteiger partial charge in [0.25, 0.3) is 0 Å². The van der Waals surface area contributed by atoms with Crippen molar-refractivity contribution in [2.45, 2.75) is 105 Å². The Bertz CT molecular complexity index is 2310. The molecule has 2 aliphatic heterocycles. The van der Waals surface area contributed by atoms with E-state index in [1.54, 1.807) is 0 Å². The second-order valence-electron chi connectivity index (χ2n) is 18.8. The maximum absolute atomic E-state index is 5.28. The van der Waals surface area contributed by atoms with Gasteiger partial charge in [0.1, 0.15) is 0 Å². The molecule has 0 aliphatic carbocycles. The Kier molecular flexibility index (Phi) is 10.9. The standard InChI is InChI=1S/C48H50Br2N4.Zn/c1-45(2,3)29-21-27(22-30(25-29)46(4,5)6)41-33-13-17-37(51-33)43(49)39-19-15-35(53-39)42(28-23-31(47(7,8)9)26-32(24-28)48(10,11)12)36-16-20-40(54-36)44(50)38-18-14-34(41)52-38;/h13-26H,1-12H3;/q-2;+2. The summed E-state index contributed by atoms with van der Waals surface area (Å²) in [6.45, 7) is 27.3. The zero-order chi connectivity index (χ0) is 39.1. The number of hydrogen-bond acceptors (Lipinski definition) is 2. The summed E-state index contributed by atoms with van der Waals surface area (Å²) < 4.78 is 1.68. The Morgan fingerprint density at radius 3 is 0.964 bits per heavy atom. The first kappa shape index (κ1) is 41.3. The summed E-state index contributed by atoms with van der Waals surface area (Å²) in [5, 5.41) is 0. The Morgan fingerprint density at radius 2 is 0.673 bits per heavy atom. The monoisotopic (exact) mass is 904 g/mol. The van der Waals surface area contributed by atoms with E-state index >= 15 is 0 Å². The van der Waals surface area contributed by atoms with Gasteiger partial charge in [0.05, 0.1) is 22.8 Å². The van der Waals surface area contributed by atoms with Crippen molar-refractivity contribution in [3.63, 3.8) is 0 Å². The summed E-state index contributed by atoms with van der Waals surface area (Å²) in [5.74, 6) is 0. The van der Waals surface area contributed by atoms with Crippen LogP contribution >= 0.6 is 31.9 Å². The number of hydrogen-bond donors (Lipinski definition) is 0. The molecular weight excluding hydrogens is 858 g/mol. The van der Waals surface area contributed by atoms with Crippen molar-refractivity contribution in [2.24, 2.45) is 0 Å². The number of nitrogens with zero attached hydrogens (tertiary/aromatic N) is 4. The van der Waals surface area contributed by atoms with Gasteiger partial charge >= 0.3 is 19.5 Å². The van der Waals surface area contributed by atoms with E-state index in [1.807, 2.05) is 0 Å². The molecule has 0 radical (unpaired) electrons. The van der Waals surface area contributed by atoms with Gasteiger partial charge in [-0.2, -0.15) is 0 Å². The fourth-order valence-corrected chi connectivity index (χ4v) is 7.77. The van der Waals surface area contributed by atoms with Crippen LogP contribution in [0.3, 0.4) is 0 Å². The van der Waals surface area contributed by atoms with E-state index in [2.05, 4.69) is 200 Å². The summed E-state index contributed by atoms with van der Waals surface area (Å²) in [4.78, 5) is 21.1. The van der Waals surface area contributed by atoms with Crippen LogP contribution in [0.2, 0.25) is 0 Å². The molecule has 8 bridgehead atoms. The second-order valence-corrected chi connectivity index (χ2v) is 20.4. The molecule has 5 heterocycles. The molecular formula is C48H50Br2N4Zn. The average molecular weight is 908 g/mol. The Morgan fingerprint density at radius 1 is 0.400 bits per heavy atom. The Labute approximate surface area is 356 Å². The Hall–Kier alpha value is -3.38. The third-order valence-electron chi connectivity index (χ3n) is 10.4. The van der Waals surface area contributed by atoms with Crippen LogP contribution in [0.1, 0.15) is 128 Å². The second kappa shape index (κ2) is 14.5. The minimum absolute atomic E-state index is 0. The Balaban J connectivity index is 0.00000514. The predicted octanol–water partition coefficient (Wildman–Crippen LogP) is 14.0. The van der Waals surface area contributed by atoms with Gasteiger partial charge in [-0.1, -0.05) is 144 Å². The van der Waals surface area contributed by atoms with Crippen LogP contribution in [0.25, 0.3) is 68.6 Å². The number of fused-ring (bicyclic) bond motifs is 8. The summed E-state index contributed by atoms with van der Waals surface area (Å²) in [6.07, 6.45) is 8.37. The minimum Gasteiger partial charge on any atom is -0.656 e. The van der Waals surface area contributed by atoms with Crippen LogP contribution < -0.4 is 9.97 Å². The molecule has 0 saturated carbocycles. The fourth-order valence-electron chi connectivity index (χ4n) is 6.89. The molecule has 0 saturated heterocycles. The number of aromatic nitrogens is 4. The quantitative estimate of drug-likeness (QED) is 0.162. The van der Waals surface area contributed by atoms with Crippen molar-refractivity contribution in [2.75, 3.05) is 0 Å². The van der Waals surface area contributed by atoms with Crippen molar-refractivity contribution in [1.82, 2.24) is 19.9 Å². The van der Waals surface area contributed by atoms with Crippen molar-refractivity contribution >= 4 is 78.2 Å². The molecule has 0 amide bonds. The van der Waals surface area contributed by atoms with E-state index in [-0.39, 0.29) is 41.1 Å². The van der Waals surface area contributed by atoms with Gasteiger partial charge in [0.2, 0.25) is 0 Å². The summed E-state index contributed by atoms with van der Waals surface area (Å²) in [5.41, 5.74) is 15.9. The SMILES string of the molecule is CC(C)(C)c1cc(-c2c3nc(c(Br)c4ccc([n-]4)c(-c4cc(C(C)(C)C)cc(C(C)(C)C)c4)c4nc(c(Br)c5ccc2[n-]5)C=C4)C=C3)cc(C(C)(C)C)c1.[Zn+2]. The molecule has 2 aromatic carbocycles. The van der Waals surface area contributed by atoms with E-state index in [0.29, 0.717) is 0 Å². The van der Waals surface area contributed by atoms with E-state index in [0.717, 1.165) is 76.0 Å². The van der Waals surface area contributed by atoms with Gasteiger partial charge in [-0.25, -0.2) is 9.97 Å². The molecule has 0 fully saturated rings. The van der Waals surface area contributed by atoms with Crippen LogP contribution in [-0.4, -0.2) is 9.97 Å². The predicted molar refractivity (Wildman–Crippen MR) is 238 cm³/mol. The van der Waals surface area contributed by atoms with Crippen molar-refractivity contribution in [3.8, 4) is 22.3 Å². The molecule has 5 aromatic rings. The summed E-state index contributed by atoms with van der Waals surface area (Å²) in [7, 11) is 0. The van der Waals surface area contributed by atoms with Gasteiger partial charge in [-0.15, -0.1) is 22.1 Å². The van der Waals surface area contributed by atoms with Crippen LogP contribution in [0.5, 0.6) is 0 Å². The number of halogens is 2. The molecule has 3 aromatic heterocycles. The number of benzene rings is 2. The first-order valence-electron chi connectivity index (χ1n) is 18.8. The third kappa shape index (κ3) is 8.23. The van der Waals surface area contributed by atoms with Crippen molar-refractivity contribution in [1.29, 1.82) is 0 Å². The topological polar surface area (TPSA) is 54.0 Å². The smallest absolute Gasteiger partial charge is 0.656 e. The van der Waals surface area contributed by atoms with Crippen LogP contribution in [0.15, 0.2) is 69.6 Å². The van der Waals surface area contributed by atoms with Gasteiger partial charge in [0, 0.05) is 8.95 Å². The molecule has 0 unspecified atom stereocenters. The van der Waals surface area contributed by atoms with Crippen LogP contribution in [0, 0.1) is 0 Å². The molecule has 0 N–H and O–H groups in total. The molecule has 2 aliphatic rings. The van der Waals surface area contributed by atoms with Gasteiger partial charge < -0.3 is 9.97 Å². The molecule has 7 rings (SSSR count). The molecule has 278 valence electrons. The summed E-state index contributed by atoms with van der Waals surface area (Å²) >= 11 is 7.88. The third-order valence-corrected chi connectivity index (χ3v) is 12.0. The fraction of sp³-hybridized carbons (Fsp3) is 0.333. The van der Waals surface area contributed by atoms with E-state index in [9.17, 15) is 0 Å². The van der Waals surface area contributed by atoms with Crippen LogP contribution in [0.4, 0.5) is 0 Å². The normalized spacial score (nSPS) is 13.3. The van der Waals surface area contributed by atoms with Gasteiger partial charge in [-0.05, 0) is 122 Å². The zero-order valence-corrected chi connectivity index (χ0v) is 40.5. The van der Waals surface area contributed by atoms with Crippen molar-refractivity contribution in [3.05, 3.63) is 115 Å². The first-order chi connectivity index (χ1) is 25.1. The van der Waals surface area contributed by atoms with Gasteiger partial charge in [-0.3, -0.25) is 0 Å². The van der Waals surface area contributed by atoms with E-state index in [4.69, 9.17) is 19.9 Å². The maximum atomic E-state index is 5.28. The zero-order valence-electron chi connectivity index (χ0n) is 34.3. The summed E-state index contributed by atoms with van der Waals surface area (Å²) in [6, 6.07) is 22.3. The first-order valence-corrected chi connectivity index (χ1v) is 20.4. The minimum atomic E-state index is -0.0434. The largest absolute Gasteiger partial charge is 2.00 e. The van der Waals surface area contributed by atoms with Crippen molar-refractivity contribution < 1.29 is 19.5 Å². The number of rotatable bonds is 2. The molecule has 0 spiro atoms. The molecule has 4 nitrogen and oxygen atoms in total. The molecule has 0 atom stereocenters.